The largest absolute Gasteiger partial charge is 0.472 e. The molecule has 1 aliphatic rings. The molecule has 30 heavy (non-hydrogen) atoms. The molecule has 0 unspecified atom stereocenters. The average molecular weight is 408 g/mol. The Morgan fingerprint density at radius 2 is 2.03 bits per heavy atom. The van der Waals surface area contributed by atoms with Crippen molar-refractivity contribution in [1.29, 1.82) is 0 Å². The number of carbonyl (C=O) groups excluding carboxylic acids is 2. The molecule has 3 heterocycles. The standard InChI is InChI=1S/C20H16N4O6/c25-18(11-22-10-16(24(28)29)2-4-19(22)26)21-15-1-3-17-13(9-15)5-7-23(17)20(27)14-6-8-30-12-14/h1-4,6,8-10,12H,5,7,11H2,(H,21,25). The number of aromatic nitrogens is 1. The Hall–Kier alpha value is -4.21. The van der Waals surface area contributed by atoms with Gasteiger partial charge in [-0.05, 0) is 36.2 Å². The molecule has 1 aliphatic heterocycles. The highest BCUT2D eigenvalue weighted by atomic mass is 16.6. The Kier molecular flexibility index (Phi) is 4.88. The zero-order valence-electron chi connectivity index (χ0n) is 15.6. The molecule has 0 saturated heterocycles. The molecule has 10 nitrogen and oxygen atoms in total. The number of fused-ring (bicyclic) bond motifs is 1. The van der Waals surface area contributed by atoms with Gasteiger partial charge in [0.25, 0.3) is 17.2 Å². The van der Waals surface area contributed by atoms with Crippen molar-refractivity contribution in [2.24, 2.45) is 0 Å². The molecule has 4 rings (SSSR count). The van der Waals surface area contributed by atoms with Gasteiger partial charge >= 0.3 is 0 Å². The van der Waals surface area contributed by atoms with Gasteiger partial charge in [0.15, 0.2) is 0 Å². The third-order valence-corrected chi connectivity index (χ3v) is 4.76. The van der Waals surface area contributed by atoms with E-state index < -0.39 is 16.4 Å². The first-order chi connectivity index (χ1) is 14.4. The van der Waals surface area contributed by atoms with Crippen LogP contribution >= 0.6 is 0 Å². The predicted molar refractivity (Wildman–Crippen MR) is 107 cm³/mol. The molecule has 0 bridgehead atoms. The molecule has 2 amide bonds. The molecule has 0 fully saturated rings. The predicted octanol–water partition coefficient (Wildman–Crippen LogP) is 2.19. The summed E-state index contributed by atoms with van der Waals surface area (Å²) in [6.07, 6.45) is 4.50. The molecular weight excluding hydrogens is 392 g/mol. The highest BCUT2D eigenvalue weighted by Gasteiger charge is 2.26. The molecule has 0 saturated carbocycles. The van der Waals surface area contributed by atoms with Crippen LogP contribution in [0.4, 0.5) is 17.1 Å². The molecule has 2 aromatic heterocycles. The van der Waals surface area contributed by atoms with Gasteiger partial charge in [-0.25, -0.2) is 0 Å². The summed E-state index contributed by atoms with van der Waals surface area (Å²) in [5, 5.41) is 13.5. The maximum atomic E-state index is 12.6. The molecular formula is C20H16N4O6. The van der Waals surface area contributed by atoms with Gasteiger partial charge in [0.2, 0.25) is 5.91 Å². The number of rotatable bonds is 5. The summed E-state index contributed by atoms with van der Waals surface area (Å²) in [5.41, 5.74) is 1.84. The lowest BCUT2D eigenvalue weighted by Crippen LogP contribution is -2.28. The van der Waals surface area contributed by atoms with Crippen LogP contribution in [0.1, 0.15) is 15.9 Å². The molecule has 152 valence electrons. The zero-order valence-corrected chi connectivity index (χ0v) is 15.6. The van der Waals surface area contributed by atoms with Gasteiger partial charge in [-0.15, -0.1) is 0 Å². The van der Waals surface area contributed by atoms with E-state index in [-0.39, 0.29) is 18.1 Å². The number of nitro groups is 1. The van der Waals surface area contributed by atoms with E-state index in [4.69, 9.17) is 4.42 Å². The van der Waals surface area contributed by atoms with E-state index in [1.54, 1.807) is 29.2 Å². The van der Waals surface area contributed by atoms with Crippen molar-refractivity contribution in [3.63, 3.8) is 0 Å². The van der Waals surface area contributed by atoms with Crippen LogP contribution in [0.5, 0.6) is 0 Å². The molecule has 1 aromatic carbocycles. The molecule has 0 atom stereocenters. The molecule has 0 spiro atoms. The third kappa shape index (κ3) is 3.70. The second-order valence-corrected chi connectivity index (χ2v) is 6.72. The number of hydrogen-bond donors (Lipinski definition) is 1. The first-order valence-electron chi connectivity index (χ1n) is 9.04. The van der Waals surface area contributed by atoms with Crippen LogP contribution < -0.4 is 15.8 Å². The fourth-order valence-corrected chi connectivity index (χ4v) is 3.34. The second kappa shape index (κ2) is 7.66. The van der Waals surface area contributed by atoms with Crippen LogP contribution in [0.2, 0.25) is 0 Å². The summed E-state index contributed by atoms with van der Waals surface area (Å²) in [5.74, 6) is -0.661. The first kappa shape index (κ1) is 19.1. The number of carbonyl (C=O) groups is 2. The summed E-state index contributed by atoms with van der Waals surface area (Å²) in [6.45, 7) is 0.155. The van der Waals surface area contributed by atoms with Crippen LogP contribution in [0, 0.1) is 10.1 Å². The Labute approximate surface area is 169 Å². The lowest BCUT2D eigenvalue weighted by atomic mass is 10.1. The minimum Gasteiger partial charge on any atom is -0.472 e. The normalized spacial score (nSPS) is 12.5. The Morgan fingerprint density at radius 3 is 2.77 bits per heavy atom. The molecule has 10 heteroatoms. The number of anilines is 2. The second-order valence-electron chi connectivity index (χ2n) is 6.72. The number of amides is 2. The van der Waals surface area contributed by atoms with Crippen molar-refractivity contribution < 1.29 is 18.9 Å². The van der Waals surface area contributed by atoms with E-state index in [2.05, 4.69) is 5.32 Å². The van der Waals surface area contributed by atoms with Gasteiger partial charge < -0.3 is 14.6 Å². The highest BCUT2D eigenvalue weighted by molar-refractivity contribution is 6.07. The van der Waals surface area contributed by atoms with Crippen LogP contribution in [0.3, 0.4) is 0 Å². The van der Waals surface area contributed by atoms with Gasteiger partial charge in [-0.1, -0.05) is 0 Å². The number of benzene rings is 1. The monoisotopic (exact) mass is 408 g/mol. The van der Waals surface area contributed by atoms with Gasteiger partial charge in [-0.2, -0.15) is 0 Å². The summed E-state index contributed by atoms with van der Waals surface area (Å²) >= 11 is 0. The summed E-state index contributed by atoms with van der Waals surface area (Å²) in [6, 6.07) is 8.92. The number of nitrogens with zero attached hydrogens (tertiary/aromatic N) is 3. The Balaban J connectivity index is 1.47. The van der Waals surface area contributed by atoms with Crippen molar-refractivity contribution in [3.8, 4) is 0 Å². The van der Waals surface area contributed by atoms with Crippen LogP contribution in [-0.4, -0.2) is 27.8 Å². The van der Waals surface area contributed by atoms with Crippen molar-refractivity contribution in [1.82, 2.24) is 4.57 Å². The molecule has 3 aromatic rings. The van der Waals surface area contributed by atoms with E-state index in [1.165, 1.54) is 12.5 Å². The first-order valence-corrected chi connectivity index (χ1v) is 9.04. The minimum absolute atomic E-state index is 0.163. The van der Waals surface area contributed by atoms with Gasteiger partial charge in [0, 0.05) is 30.1 Å². The van der Waals surface area contributed by atoms with Crippen molar-refractivity contribution in [2.75, 3.05) is 16.8 Å². The lowest BCUT2D eigenvalue weighted by molar-refractivity contribution is -0.385. The van der Waals surface area contributed by atoms with Gasteiger partial charge in [-0.3, -0.25) is 29.1 Å². The van der Waals surface area contributed by atoms with E-state index >= 15 is 0 Å². The summed E-state index contributed by atoms with van der Waals surface area (Å²) in [7, 11) is 0. The van der Waals surface area contributed by atoms with E-state index in [0.717, 1.165) is 34.1 Å². The fourth-order valence-electron chi connectivity index (χ4n) is 3.34. The highest BCUT2D eigenvalue weighted by Crippen LogP contribution is 2.31. The van der Waals surface area contributed by atoms with E-state index in [1.807, 2.05) is 0 Å². The fraction of sp³-hybridized carbons (Fsp3) is 0.150. The Bertz CT molecular complexity index is 1200. The quantitative estimate of drug-likeness (QED) is 0.509. The number of furan rings is 1. The maximum Gasteiger partial charge on any atom is 0.285 e. The van der Waals surface area contributed by atoms with Crippen LogP contribution in [0.15, 0.2) is 64.3 Å². The molecule has 0 radical (unpaired) electrons. The lowest BCUT2D eigenvalue weighted by Gasteiger charge is -2.16. The smallest absolute Gasteiger partial charge is 0.285 e. The summed E-state index contributed by atoms with van der Waals surface area (Å²) < 4.78 is 5.95. The number of hydrogen-bond acceptors (Lipinski definition) is 6. The topological polar surface area (TPSA) is 128 Å². The van der Waals surface area contributed by atoms with E-state index in [9.17, 15) is 24.5 Å². The third-order valence-electron chi connectivity index (χ3n) is 4.76. The summed E-state index contributed by atoms with van der Waals surface area (Å²) in [4.78, 5) is 48.6. The van der Waals surface area contributed by atoms with Crippen molar-refractivity contribution in [2.45, 2.75) is 13.0 Å². The number of pyridine rings is 1. The van der Waals surface area contributed by atoms with Gasteiger partial charge in [0.05, 0.1) is 22.9 Å². The molecule has 1 N–H and O–H groups in total. The molecule has 0 aliphatic carbocycles. The van der Waals surface area contributed by atoms with E-state index in [0.29, 0.717) is 24.2 Å². The van der Waals surface area contributed by atoms with Crippen LogP contribution in [-0.2, 0) is 17.8 Å². The van der Waals surface area contributed by atoms with Crippen molar-refractivity contribution >= 4 is 28.9 Å². The average Bonchev–Trinajstić information content (AvgIpc) is 3.38. The maximum absolute atomic E-state index is 12.6. The Morgan fingerprint density at radius 1 is 1.20 bits per heavy atom. The zero-order chi connectivity index (χ0) is 21.3. The van der Waals surface area contributed by atoms with Crippen LogP contribution in [0.25, 0.3) is 0 Å². The van der Waals surface area contributed by atoms with Crippen molar-refractivity contribution in [3.05, 3.63) is 86.7 Å². The van der Waals surface area contributed by atoms with Gasteiger partial charge in [0.1, 0.15) is 12.8 Å². The number of nitrogens with one attached hydrogen (secondary N) is 1. The minimum atomic E-state index is -0.634. The SMILES string of the molecule is O=C(Cn1cc([N+](=O)[O-])ccc1=O)Nc1ccc2c(c1)CCN2C(=O)c1ccoc1.